The quantitative estimate of drug-likeness (QED) is 0.384. The molecule has 1 heterocycles. The van der Waals surface area contributed by atoms with Gasteiger partial charge < -0.3 is 15.5 Å². The molecule has 0 bridgehead atoms. The highest BCUT2D eigenvalue weighted by atomic mass is 127. The van der Waals surface area contributed by atoms with Gasteiger partial charge in [-0.25, -0.2) is 9.98 Å². The fraction of sp³-hybridized carbons (Fsp3) is 0.667. The Bertz CT molecular complexity index is 520. The Hall–Kier alpha value is -1.05. The number of guanidine groups is 1. The predicted octanol–water partition coefficient (Wildman–Crippen LogP) is 3.40. The first kappa shape index (κ1) is 21.0. The second-order valence-corrected chi connectivity index (χ2v) is 6.64. The molecule has 136 valence electrons. The summed E-state index contributed by atoms with van der Waals surface area (Å²) in [6.45, 7) is 6.87. The third-order valence-corrected chi connectivity index (χ3v) is 4.79. The van der Waals surface area contributed by atoms with Crippen LogP contribution in [0.15, 0.2) is 23.2 Å². The zero-order valence-corrected chi connectivity index (χ0v) is 17.8. The summed E-state index contributed by atoms with van der Waals surface area (Å²) in [5.41, 5.74) is 1.47. The second-order valence-electron chi connectivity index (χ2n) is 6.64. The van der Waals surface area contributed by atoms with Gasteiger partial charge >= 0.3 is 0 Å². The molecule has 1 fully saturated rings. The van der Waals surface area contributed by atoms with Crippen LogP contribution in [0.5, 0.6) is 0 Å². The van der Waals surface area contributed by atoms with Gasteiger partial charge in [0.1, 0.15) is 5.82 Å². The molecule has 5 nitrogen and oxygen atoms in total. The highest BCUT2D eigenvalue weighted by Crippen LogP contribution is 2.42. The van der Waals surface area contributed by atoms with Crippen molar-refractivity contribution >= 4 is 35.8 Å². The van der Waals surface area contributed by atoms with E-state index < -0.39 is 0 Å². The number of pyridine rings is 1. The molecule has 6 heteroatoms. The lowest BCUT2D eigenvalue weighted by molar-refractivity contribution is 0.131. The van der Waals surface area contributed by atoms with E-state index in [2.05, 4.69) is 29.5 Å². The Balaban J connectivity index is 0.00000288. The third-order valence-electron chi connectivity index (χ3n) is 4.79. The molecule has 2 rings (SSSR count). The Morgan fingerprint density at radius 2 is 2.00 bits per heavy atom. The average molecular weight is 445 g/mol. The summed E-state index contributed by atoms with van der Waals surface area (Å²) in [4.78, 5) is 11.3. The molecule has 2 N–H and O–H groups in total. The number of nitrogens with zero attached hydrogens (tertiary/aromatic N) is 3. The molecular weight excluding hydrogens is 413 g/mol. The normalized spacial score (nSPS) is 15.9. The number of nitrogens with one attached hydrogen (secondary N) is 2. The van der Waals surface area contributed by atoms with Crippen LogP contribution in [0.3, 0.4) is 0 Å². The van der Waals surface area contributed by atoms with Crippen molar-refractivity contribution in [2.45, 2.75) is 46.1 Å². The molecule has 1 aromatic heterocycles. The summed E-state index contributed by atoms with van der Waals surface area (Å²) < 4.78 is 0. The zero-order chi connectivity index (χ0) is 16.7. The molecule has 24 heavy (non-hydrogen) atoms. The van der Waals surface area contributed by atoms with Crippen molar-refractivity contribution in [3.05, 3.63) is 23.9 Å². The van der Waals surface area contributed by atoms with E-state index in [1.54, 1.807) is 0 Å². The van der Waals surface area contributed by atoms with Gasteiger partial charge in [-0.15, -0.1) is 24.0 Å². The highest BCUT2D eigenvalue weighted by Gasteiger charge is 2.34. The summed E-state index contributed by atoms with van der Waals surface area (Å²) in [7, 11) is 4.01. The van der Waals surface area contributed by atoms with E-state index >= 15 is 0 Å². The molecule has 1 aliphatic carbocycles. The van der Waals surface area contributed by atoms with E-state index in [0.29, 0.717) is 12.0 Å². The largest absolute Gasteiger partial charge is 0.363 e. The van der Waals surface area contributed by atoms with Crippen LogP contribution < -0.4 is 15.5 Å². The van der Waals surface area contributed by atoms with Gasteiger partial charge in [-0.2, -0.15) is 0 Å². The smallest absolute Gasteiger partial charge is 0.191 e. The fourth-order valence-electron chi connectivity index (χ4n) is 2.91. The number of aromatic nitrogens is 1. The van der Waals surface area contributed by atoms with Crippen LogP contribution in [0.25, 0.3) is 0 Å². The summed E-state index contributed by atoms with van der Waals surface area (Å²) >= 11 is 0. The van der Waals surface area contributed by atoms with Crippen molar-refractivity contribution in [1.82, 2.24) is 15.6 Å². The van der Waals surface area contributed by atoms with E-state index in [-0.39, 0.29) is 24.0 Å². The molecule has 0 atom stereocenters. The van der Waals surface area contributed by atoms with E-state index in [1.165, 1.54) is 25.7 Å². The minimum absolute atomic E-state index is 0. The van der Waals surface area contributed by atoms with Crippen LogP contribution in [0.2, 0.25) is 0 Å². The maximum atomic E-state index is 4.69. The van der Waals surface area contributed by atoms with Crippen molar-refractivity contribution in [2.24, 2.45) is 10.4 Å². The fourth-order valence-corrected chi connectivity index (χ4v) is 2.91. The Kier molecular flexibility index (Phi) is 8.80. The number of rotatable bonds is 7. The number of anilines is 1. The molecule has 0 aliphatic heterocycles. The highest BCUT2D eigenvalue weighted by molar-refractivity contribution is 14.0. The van der Waals surface area contributed by atoms with Crippen molar-refractivity contribution in [1.29, 1.82) is 0 Å². The maximum Gasteiger partial charge on any atom is 0.191 e. The predicted molar refractivity (Wildman–Crippen MR) is 113 cm³/mol. The van der Waals surface area contributed by atoms with Gasteiger partial charge in [-0.1, -0.05) is 19.4 Å². The standard InChI is InChI=1S/C18H31N5.HI/c1-5-18(11-8-12-18)14-21-17(19-6-2)20-13-15-9-7-10-16(22-15)23(3)4;/h7,9-10H,5-6,8,11-14H2,1-4H3,(H2,19,20,21);1H. The third kappa shape index (κ3) is 5.79. The number of hydrogen-bond donors (Lipinski definition) is 2. The van der Waals surface area contributed by atoms with E-state index in [0.717, 1.165) is 30.6 Å². The van der Waals surface area contributed by atoms with E-state index in [9.17, 15) is 0 Å². The lowest BCUT2D eigenvalue weighted by Gasteiger charge is -2.41. The first-order valence-electron chi connectivity index (χ1n) is 8.74. The summed E-state index contributed by atoms with van der Waals surface area (Å²) in [5.74, 6) is 1.86. The summed E-state index contributed by atoms with van der Waals surface area (Å²) in [5, 5.41) is 6.86. The Morgan fingerprint density at radius 3 is 2.54 bits per heavy atom. The SMILES string of the molecule is CCNC(=NCc1cccc(N(C)C)n1)NCC1(CC)CCC1.I. The Morgan fingerprint density at radius 1 is 1.25 bits per heavy atom. The molecule has 1 aromatic rings. The molecule has 0 unspecified atom stereocenters. The lowest BCUT2D eigenvalue weighted by Crippen LogP contribution is -2.46. The van der Waals surface area contributed by atoms with Crippen LogP contribution in [-0.4, -0.2) is 38.1 Å². The van der Waals surface area contributed by atoms with Gasteiger partial charge in [0.15, 0.2) is 5.96 Å². The summed E-state index contributed by atoms with van der Waals surface area (Å²) in [6.07, 6.45) is 5.28. The van der Waals surface area contributed by atoms with Gasteiger partial charge in [-0.05, 0) is 43.7 Å². The Labute approximate surface area is 163 Å². The first-order chi connectivity index (χ1) is 11.1. The number of halogens is 1. The minimum Gasteiger partial charge on any atom is -0.363 e. The van der Waals surface area contributed by atoms with Crippen LogP contribution in [-0.2, 0) is 6.54 Å². The van der Waals surface area contributed by atoms with E-state index in [1.807, 2.05) is 37.2 Å². The van der Waals surface area contributed by atoms with Gasteiger partial charge in [0, 0.05) is 27.2 Å². The van der Waals surface area contributed by atoms with Crippen LogP contribution in [0.1, 0.15) is 45.2 Å². The van der Waals surface area contributed by atoms with Crippen LogP contribution >= 0.6 is 24.0 Å². The van der Waals surface area contributed by atoms with Crippen LogP contribution in [0, 0.1) is 5.41 Å². The average Bonchev–Trinajstić information content (AvgIpc) is 2.52. The van der Waals surface area contributed by atoms with Gasteiger partial charge in [0.25, 0.3) is 0 Å². The molecule has 1 saturated carbocycles. The molecule has 0 spiro atoms. The molecule has 0 saturated heterocycles. The first-order valence-corrected chi connectivity index (χ1v) is 8.74. The summed E-state index contributed by atoms with van der Waals surface area (Å²) in [6, 6.07) is 6.08. The van der Waals surface area contributed by atoms with Gasteiger partial charge in [0.2, 0.25) is 0 Å². The van der Waals surface area contributed by atoms with Gasteiger partial charge in [-0.3, -0.25) is 0 Å². The van der Waals surface area contributed by atoms with Gasteiger partial charge in [0.05, 0.1) is 12.2 Å². The van der Waals surface area contributed by atoms with Crippen molar-refractivity contribution < 1.29 is 0 Å². The van der Waals surface area contributed by atoms with E-state index in [4.69, 9.17) is 4.99 Å². The molecule has 0 aromatic carbocycles. The number of aliphatic imine (C=N–C) groups is 1. The molecular formula is C18H32IN5. The second kappa shape index (κ2) is 10.1. The van der Waals surface area contributed by atoms with Crippen molar-refractivity contribution in [3.8, 4) is 0 Å². The molecule has 0 amide bonds. The zero-order valence-electron chi connectivity index (χ0n) is 15.4. The van der Waals surface area contributed by atoms with Crippen LogP contribution in [0.4, 0.5) is 5.82 Å². The minimum atomic E-state index is 0. The monoisotopic (exact) mass is 445 g/mol. The van der Waals surface area contributed by atoms with Crippen molar-refractivity contribution in [2.75, 3.05) is 32.1 Å². The van der Waals surface area contributed by atoms with Crippen molar-refractivity contribution in [3.63, 3.8) is 0 Å². The lowest BCUT2D eigenvalue weighted by atomic mass is 9.67. The molecule has 1 aliphatic rings. The number of hydrogen-bond acceptors (Lipinski definition) is 3. The topological polar surface area (TPSA) is 52.6 Å². The molecule has 0 radical (unpaired) electrons. The maximum absolute atomic E-state index is 4.69.